The Morgan fingerprint density at radius 2 is 1.42 bits per heavy atom. The lowest BCUT2D eigenvalue weighted by molar-refractivity contribution is -0.123. The molecule has 0 radical (unpaired) electrons. The summed E-state index contributed by atoms with van der Waals surface area (Å²) >= 11 is 0. The Bertz CT molecular complexity index is 887. The van der Waals surface area contributed by atoms with Crippen LogP contribution in [0.2, 0.25) is 0 Å². The third kappa shape index (κ3) is 4.45. The van der Waals surface area contributed by atoms with E-state index in [1.165, 1.54) is 0 Å². The molecule has 0 saturated carbocycles. The molecule has 1 aromatic heterocycles. The van der Waals surface area contributed by atoms with E-state index in [4.69, 9.17) is 0 Å². The summed E-state index contributed by atoms with van der Waals surface area (Å²) in [4.78, 5) is 21.5. The number of amides is 1. The molecule has 0 aliphatic heterocycles. The molecule has 0 fully saturated rings. The quantitative estimate of drug-likeness (QED) is 0.707. The zero-order valence-electron chi connectivity index (χ0n) is 15.2. The number of nitrogens with one attached hydrogen (secondary N) is 2. The average Bonchev–Trinajstić information content (AvgIpc) is 2.62. The third-order valence-electron chi connectivity index (χ3n) is 3.73. The number of carbonyl (C=O) groups is 1. The molecule has 2 N–H and O–H groups in total. The van der Waals surface area contributed by atoms with E-state index >= 15 is 0 Å². The Kier molecular flexibility index (Phi) is 4.98. The molecule has 1 amide bonds. The molecule has 3 rings (SSSR count). The lowest BCUT2D eigenvalue weighted by Crippen LogP contribution is -2.28. The predicted octanol–water partition coefficient (Wildman–Crippen LogP) is 4.87. The SMILES string of the molecule is CC(C)(C)C(=O)Nc1cc(Nc2ccccc2)nc(-c2ccccc2)n1. The molecule has 0 aliphatic rings. The van der Waals surface area contributed by atoms with Crippen LogP contribution in [0.3, 0.4) is 0 Å². The number of rotatable bonds is 4. The number of hydrogen-bond acceptors (Lipinski definition) is 4. The van der Waals surface area contributed by atoms with Crippen molar-refractivity contribution in [3.05, 3.63) is 66.7 Å². The van der Waals surface area contributed by atoms with Gasteiger partial charge >= 0.3 is 0 Å². The van der Waals surface area contributed by atoms with E-state index in [9.17, 15) is 4.79 Å². The van der Waals surface area contributed by atoms with Crippen molar-refractivity contribution >= 4 is 23.2 Å². The number of aromatic nitrogens is 2. The third-order valence-corrected chi connectivity index (χ3v) is 3.73. The van der Waals surface area contributed by atoms with Gasteiger partial charge in [0.2, 0.25) is 5.91 Å². The summed E-state index contributed by atoms with van der Waals surface area (Å²) in [5.74, 6) is 1.54. The van der Waals surface area contributed by atoms with Crippen LogP contribution in [-0.4, -0.2) is 15.9 Å². The van der Waals surface area contributed by atoms with Crippen LogP contribution in [0.15, 0.2) is 66.7 Å². The molecule has 5 nitrogen and oxygen atoms in total. The van der Waals surface area contributed by atoms with E-state index in [0.717, 1.165) is 11.3 Å². The maximum absolute atomic E-state index is 12.4. The van der Waals surface area contributed by atoms with Crippen LogP contribution >= 0.6 is 0 Å². The van der Waals surface area contributed by atoms with E-state index in [2.05, 4.69) is 20.6 Å². The average molecular weight is 346 g/mol. The van der Waals surface area contributed by atoms with Gasteiger partial charge < -0.3 is 10.6 Å². The first-order chi connectivity index (χ1) is 12.4. The molecule has 0 unspecified atom stereocenters. The number of para-hydroxylation sites is 1. The molecular formula is C21H22N4O. The van der Waals surface area contributed by atoms with Gasteiger partial charge in [-0.25, -0.2) is 9.97 Å². The fraction of sp³-hybridized carbons (Fsp3) is 0.190. The number of anilines is 3. The summed E-state index contributed by atoms with van der Waals surface area (Å²) in [6.45, 7) is 5.60. The topological polar surface area (TPSA) is 66.9 Å². The van der Waals surface area contributed by atoms with Crippen molar-refractivity contribution < 1.29 is 4.79 Å². The Morgan fingerprint density at radius 3 is 2.04 bits per heavy atom. The van der Waals surface area contributed by atoms with Crippen molar-refractivity contribution in [1.82, 2.24) is 9.97 Å². The number of benzene rings is 2. The molecule has 0 spiro atoms. The number of carbonyl (C=O) groups excluding carboxylic acids is 1. The first-order valence-electron chi connectivity index (χ1n) is 8.50. The highest BCUT2D eigenvalue weighted by Gasteiger charge is 2.22. The van der Waals surface area contributed by atoms with Crippen molar-refractivity contribution in [3.63, 3.8) is 0 Å². The predicted molar refractivity (Wildman–Crippen MR) is 105 cm³/mol. The summed E-state index contributed by atoms with van der Waals surface area (Å²) in [7, 11) is 0. The van der Waals surface area contributed by atoms with Gasteiger partial charge in [0, 0.05) is 22.7 Å². The van der Waals surface area contributed by atoms with Crippen LogP contribution < -0.4 is 10.6 Å². The van der Waals surface area contributed by atoms with Crippen molar-refractivity contribution in [2.24, 2.45) is 5.41 Å². The molecule has 3 aromatic rings. The van der Waals surface area contributed by atoms with E-state index in [1.807, 2.05) is 81.4 Å². The van der Waals surface area contributed by atoms with Crippen molar-refractivity contribution in [1.29, 1.82) is 0 Å². The Labute approximate surface area is 153 Å². The van der Waals surface area contributed by atoms with E-state index < -0.39 is 5.41 Å². The molecule has 132 valence electrons. The van der Waals surface area contributed by atoms with Gasteiger partial charge in [-0.2, -0.15) is 0 Å². The van der Waals surface area contributed by atoms with Crippen molar-refractivity contribution in [3.8, 4) is 11.4 Å². The van der Waals surface area contributed by atoms with E-state index in [1.54, 1.807) is 6.07 Å². The van der Waals surface area contributed by atoms with Crippen LogP contribution in [0.25, 0.3) is 11.4 Å². The van der Waals surface area contributed by atoms with Gasteiger partial charge in [0.15, 0.2) is 5.82 Å². The summed E-state index contributed by atoms with van der Waals surface area (Å²) in [6, 6.07) is 21.2. The molecule has 0 saturated heterocycles. The fourth-order valence-electron chi connectivity index (χ4n) is 2.26. The zero-order valence-corrected chi connectivity index (χ0v) is 15.2. The van der Waals surface area contributed by atoms with Crippen LogP contribution in [0, 0.1) is 5.41 Å². The fourth-order valence-corrected chi connectivity index (χ4v) is 2.26. The van der Waals surface area contributed by atoms with Crippen LogP contribution in [0.5, 0.6) is 0 Å². The zero-order chi connectivity index (χ0) is 18.6. The lowest BCUT2D eigenvalue weighted by atomic mass is 9.96. The lowest BCUT2D eigenvalue weighted by Gasteiger charge is -2.18. The van der Waals surface area contributed by atoms with Gasteiger partial charge in [0.1, 0.15) is 11.6 Å². The first-order valence-corrected chi connectivity index (χ1v) is 8.50. The molecule has 5 heteroatoms. The van der Waals surface area contributed by atoms with Crippen LogP contribution in [0.4, 0.5) is 17.3 Å². The standard InChI is InChI=1S/C21H22N4O/c1-21(2,3)20(26)25-18-14-17(22-16-12-8-5-9-13-16)23-19(24-18)15-10-6-4-7-11-15/h4-14H,1-3H3,(H2,22,23,24,25,26). The highest BCUT2D eigenvalue weighted by atomic mass is 16.2. The van der Waals surface area contributed by atoms with Gasteiger partial charge in [0.05, 0.1) is 0 Å². The highest BCUT2D eigenvalue weighted by molar-refractivity contribution is 5.94. The number of hydrogen-bond donors (Lipinski definition) is 2. The Morgan fingerprint density at radius 1 is 0.846 bits per heavy atom. The van der Waals surface area contributed by atoms with Crippen molar-refractivity contribution in [2.75, 3.05) is 10.6 Å². The van der Waals surface area contributed by atoms with Gasteiger partial charge in [-0.05, 0) is 12.1 Å². The second kappa shape index (κ2) is 7.35. The van der Waals surface area contributed by atoms with Gasteiger partial charge in [-0.1, -0.05) is 69.3 Å². The summed E-state index contributed by atoms with van der Waals surface area (Å²) in [6.07, 6.45) is 0. The van der Waals surface area contributed by atoms with Gasteiger partial charge in [-0.3, -0.25) is 4.79 Å². The van der Waals surface area contributed by atoms with E-state index in [0.29, 0.717) is 17.5 Å². The molecule has 2 aromatic carbocycles. The summed E-state index contributed by atoms with van der Waals surface area (Å²) in [5, 5.41) is 6.15. The molecular weight excluding hydrogens is 324 g/mol. The molecule has 0 bridgehead atoms. The second-order valence-electron chi connectivity index (χ2n) is 7.02. The highest BCUT2D eigenvalue weighted by Crippen LogP contribution is 2.24. The molecule has 26 heavy (non-hydrogen) atoms. The van der Waals surface area contributed by atoms with Gasteiger partial charge in [0.25, 0.3) is 0 Å². The molecule has 1 heterocycles. The summed E-state index contributed by atoms with van der Waals surface area (Å²) in [5.41, 5.74) is 1.29. The van der Waals surface area contributed by atoms with Crippen LogP contribution in [0.1, 0.15) is 20.8 Å². The molecule has 0 aliphatic carbocycles. The smallest absolute Gasteiger partial charge is 0.230 e. The van der Waals surface area contributed by atoms with Crippen molar-refractivity contribution in [2.45, 2.75) is 20.8 Å². The largest absolute Gasteiger partial charge is 0.340 e. The molecule has 0 atom stereocenters. The minimum absolute atomic E-state index is 0.0964. The second-order valence-corrected chi connectivity index (χ2v) is 7.02. The van der Waals surface area contributed by atoms with E-state index in [-0.39, 0.29) is 5.91 Å². The minimum atomic E-state index is -0.509. The normalized spacial score (nSPS) is 11.0. The van der Waals surface area contributed by atoms with Crippen LogP contribution in [-0.2, 0) is 4.79 Å². The Hall–Kier alpha value is -3.21. The maximum Gasteiger partial charge on any atom is 0.230 e. The minimum Gasteiger partial charge on any atom is -0.340 e. The first kappa shape index (κ1) is 17.6. The monoisotopic (exact) mass is 346 g/mol. The Balaban J connectivity index is 1.98. The van der Waals surface area contributed by atoms with Gasteiger partial charge in [-0.15, -0.1) is 0 Å². The summed E-state index contributed by atoms with van der Waals surface area (Å²) < 4.78 is 0. The maximum atomic E-state index is 12.4. The number of nitrogens with zero attached hydrogens (tertiary/aromatic N) is 2.